The first-order valence-corrected chi connectivity index (χ1v) is 5.19. The van der Waals surface area contributed by atoms with Crippen molar-refractivity contribution in [1.29, 1.82) is 0 Å². The quantitative estimate of drug-likeness (QED) is 0.773. The molecule has 1 atom stereocenters. The standard InChI is InChI=1S/C12H15NO4/c1-13(8-9-5-3-2-4-6-9)10(12(16)17)7-11(14)15/h2-6,10H,7-8H2,1H3,(H,14,15)(H,16,17)/t10-/m0/s1. The van der Waals surface area contributed by atoms with Crippen LogP contribution in [0.25, 0.3) is 0 Å². The van der Waals surface area contributed by atoms with Crippen LogP contribution in [0.2, 0.25) is 0 Å². The molecule has 0 fully saturated rings. The van der Waals surface area contributed by atoms with Crippen LogP contribution in [0.1, 0.15) is 12.0 Å². The minimum Gasteiger partial charge on any atom is -0.481 e. The van der Waals surface area contributed by atoms with E-state index in [1.807, 2.05) is 30.3 Å². The van der Waals surface area contributed by atoms with Crippen molar-refractivity contribution in [3.8, 4) is 0 Å². The van der Waals surface area contributed by atoms with Crippen molar-refractivity contribution in [3.63, 3.8) is 0 Å². The summed E-state index contributed by atoms with van der Waals surface area (Å²) in [6.45, 7) is 0.408. The van der Waals surface area contributed by atoms with Gasteiger partial charge in [0.25, 0.3) is 0 Å². The summed E-state index contributed by atoms with van der Waals surface area (Å²) in [5.74, 6) is -2.23. The van der Waals surface area contributed by atoms with E-state index in [2.05, 4.69) is 0 Å². The van der Waals surface area contributed by atoms with Crippen LogP contribution in [-0.4, -0.2) is 40.1 Å². The van der Waals surface area contributed by atoms with Crippen LogP contribution in [0.5, 0.6) is 0 Å². The van der Waals surface area contributed by atoms with Crippen LogP contribution in [0.15, 0.2) is 30.3 Å². The van der Waals surface area contributed by atoms with E-state index in [1.54, 1.807) is 7.05 Å². The van der Waals surface area contributed by atoms with Crippen molar-refractivity contribution in [3.05, 3.63) is 35.9 Å². The second-order valence-corrected chi connectivity index (χ2v) is 3.85. The Morgan fingerprint density at radius 2 is 1.82 bits per heavy atom. The summed E-state index contributed by atoms with van der Waals surface area (Å²) in [5, 5.41) is 17.6. The molecule has 5 heteroatoms. The summed E-state index contributed by atoms with van der Waals surface area (Å²) in [6, 6.07) is 8.32. The molecule has 0 saturated heterocycles. The maximum absolute atomic E-state index is 11.0. The Morgan fingerprint density at radius 3 is 2.29 bits per heavy atom. The molecule has 0 saturated carbocycles. The van der Waals surface area contributed by atoms with Crippen LogP contribution >= 0.6 is 0 Å². The molecule has 1 rings (SSSR count). The van der Waals surface area contributed by atoms with Crippen molar-refractivity contribution in [2.24, 2.45) is 0 Å². The fourth-order valence-corrected chi connectivity index (χ4v) is 1.58. The highest BCUT2D eigenvalue weighted by Gasteiger charge is 2.25. The van der Waals surface area contributed by atoms with Gasteiger partial charge in [0.05, 0.1) is 6.42 Å². The first kappa shape index (κ1) is 13.2. The molecule has 1 aromatic carbocycles. The van der Waals surface area contributed by atoms with Gasteiger partial charge < -0.3 is 10.2 Å². The highest BCUT2D eigenvalue weighted by molar-refractivity contribution is 5.80. The Kier molecular flexibility index (Phi) is 4.66. The van der Waals surface area contributed by atoms with Crippen molar-refractivity contribution in [2.75, 3.05) is 7.05 Å². The number of hydrogen-bond donors (Lipinski definition) is 2. The Morgan fingerprint density at radius 1 is 1.24 bits per heavy atom. The molecule has 0 bridgehead atoms. The summed E-state index contributed by atoms with van der Waals surface area (Å²) in [5.41, 5.74) is 0.951. The molecule has 1 aromatic rings. The summed E-state index contributed by atoms with van der Waals surface area (Å²) in [4.78, 5) is 23.1. The molecule has 0 radical (unpaired) electrons. The lowest BCUT2D eigenvalue weighted by molar-refractivity contribution is -0.149. The van der Waals surface area contributed by atoms with Gasteiger partial charge in [-0.3, -0.25) is 14.5 Å². The van der Waals surface area contributed by atoms with Crippen molar-refractivity contribution < 1.29 is 19.8 Å². The molecule has 0 aliphatic carbocycles. The summed E-state index contributed by atoms with van der Waals surface area (Å²) < 4.78 is 0. The summed E-state index contributed by atoms with van der Waals surface area (Å²) in [6.07, 6.45) is -0.404. The van der Waals surface area contributed by atoms with Crippen molar-refractivity contribution >= 4 is 11.9 Å². The number of carbonyl (C=O) groups is 2. The van der Waals surface area contributed by atoms with Gasteiger partial charge >= 0.3 is 11.9 Å². The van der Waals surface area contributed by atoms with E-state index < -0.39 is 24.4 Å². The normalized spacial score (nSPS) is 12.4. The highest BCUT2D eigenvalue weighted by atomic mass is 16.4. The first-order valence-electron chi connectivity index (χ1n) is 5.19. The second kappa shape index (κ2) is 6.00. The molecular weight excluding hydrogens is 222 g/mol. The third kappa shape index (κ3) is 4.24. The van der Waals surface area contributed by atoms with Crippen LogP contribution < -0.4 is 0 Å². The minimum absolute atomic E-state index is 0.404. The molecule has 0 unspecified atom stereocenters. The van der Waals surface area contributed by atoms with Gasteiger partial charge in [0.2, 0.25) is 0 Å². The van der Waals surface area contributed by atoms with Gasteiger partial charge in [-0.1, -0.05) is 30.3 Å². The topological polar surface area (TPSA) is 77.8 Å². The van der Waals surface area contributed by atoms with Crippen LogP contribution in [0, 0.1) is 0 Å². The molecule has 0 aliphatic heterocycles. The monoisotopic (exact) mass is 237 g/mol. The first-order chi connectivity index (χ1) is 8.00. The van der Waals surface area contributed by atoms with Gasteiger partial charge in [0.15, 0.2) is 0 Å². The van der Waals surface area contributed by atoms with Gasteiger partial charge in [0.1, 0.15) is 6.04 Å². The maximum Gasteiger partial charge on any atom is 0.321 e. The Labute approximate surface area is 99.3 Å². The number of likely N-dealkylation sites (N-methyl/N-ethyl adjacent to an activating group) is 1. The average molecular weight is 237 g/mol. The van der Waals surface area contributed by atoms with Gasteiger partial charge in [-0.05, 0) is 12.6 Å². The molecule has 0 heterocycles. The van der Waals surface area contributed by atoms with Gasteiger partial charge in [-0.25, -0.2) is 0 Å². The summed E-state index contributed by atoms with van der Waals surface area (Å²) >= 11 is 0. The zero-order valence-corrected chi connectivity index (χ0v) is 9.54. The number of carboxylic acids is 2. The molecule has 0 aromatic heterocycles. The number of aliphatic carboxylic acids is 2. The lowest BCUT2D eigenvalue weighted by Crippen LogP contribution is -2.39. The fourth-order valence-electron chi connectivity index (χ4n) is 1.58. The average Bonchev–Trinajstić information content (AvgIpc) is 2.26. The lowest BCUT2D eigenvalue weighted by Gasteiger charge is -2.23. The van der Waals surface area contributed by atoms with Crippen LogP contribution in [0.4, 0.5) is 0 Å². The lowest BCUT2D eigenvalue weighted by atomic mass is 10.1. The molecule has 2 N–H and O–H groups in total. The number of carboxylic acid groups (broad SMARTS) is 2. The summed E-state index contributed by atoms with van der Waals surface area (Å²) in [7, 11) is 1.61. The SMILES string of the molecule is CN(Cc1ccccc1)[C@@H](CC(=O)O)C(=O)O. The molecular formula is C12H15NO4. The van der Waals surface area contributed by atoms with E-state index in [9.17, 15) is 9.59 Å². The van der Waals surface area contributed by atoms with Crippen molar-refractivity contribution in [2.45, 2.75) is 19.0 Å². The van der Waals surface area contributed by atoms with E-state index in [-0.39, 0.29) is 0 Å². The molecule has 92 valence electrons. The van der Waals surface area contributed by atoms with Crippen LogP contribution in [0.3, 0.4) is 0 Å². The molecule has 17 heavy (non-hydrogen) atoms. The second-order valence-electron chi connectivity index (χ2n) is 3.85. The zero-order valence-electron chi connectivity index (χ0n) is 9.54. The van der Waals surface area contributed by atoms with E-state index in [4.69, 9.17) is 10.2 Å². The third-order valence-corrected chi connectivity index (χ3v) is 2.46. The Bertz CT molecular complexity index is 391. The van der Waals surface area contributed by atoms with E-state index >= 15 is 0 Å². The third-order valence-electron chi connectivity index (χ3n) is 2.46. The number of hydrogen-bond acceptors (Lipinski definition) is 3. The number of benzene rings is 1. The predicted molar refractivity (Wildman–Crippen MR) is 61.6 cm³/mol. The fraction of sp³-hybridized carbons (Fsp3) is 0.333. The predicted octanol–water partition coefficient (Wildman–Crippen LogP) is 1.05. The number of rotatable bonds is 6. The minimum atomic E-state index is -1.12. The molecule has 5 nitrogen and oxygen atoms in total. The molecule has 0 spiro atoms. The van der Waals surface area contributed by atoms with Gasteiger partial charge in [0, 0.05) is 6.54 Å². The molecule has 0 amide bonds. The maximum atomic E-state index is 11.0. The smallest absolute Gasteiger partial charge is 0.321 e. The zero-order chi connectivity index (χ0) is 12.8. The Balaban J connectivity index is 2.68. The molecule has 0 aliphatic rings. The highest BCUT2D eigenvalue weighted by Crippen LogP contribution is 2.09. The van der Waals surface area contributed by atoms with Crippen molar-refractivity contribution in [1.82, 2.24) is 4.90 Å². The van der Waals surface area contributed by atoms with Gasteiger partial charge in [-0.2, -0.15) is 0 Å². The van der Waals surface area contributed by atoms with E-state index in [0.29, 0.717) is 6.54 Å². The van der Waals surface area contributed by atoms with E-state index in [0.717, 1.165) is 5.56 Å². The van der Waals surface area contributed by atoms with Crippen LogP contribution in [-0.2, 0) is 16.1 Å². The van der Waals surface area contributed by atoms with Gasteiger partial charge in [-0.15, -0.1) is 0 Å². The number of nitrogens with zero attached hydrogens (tertiary/aromatic N) is 1. The van der Waals surface area contributed by atoms with E-state index in [1.165, 1.54) is 4.90 Å². The Hall–Kier alpha value is -1.88. The largest absolute Gasteiger partial charge is 0.481 e.